The standard InChI is InChI=1S/C13H24N4S.HI/c1-9(2)5-7-15-13(14)16-8-6-12-17-10(3)11(4)18-12;/h9H,5-8H2,1-4H3,(H3,14,15,16);1H. The van der Waals surface area contributed by atoms with Crippen LogP contribution >= 0.6 is 35.3 Å². The molecule has 0 amide bonds. The van der Waals surface area contributed by atoms with Crippen molar-refractivity contribution in [2.45, 2.75) is 40.5 Å². The number of nitrogens with one attached hydrogen (secondary N) is 1. The van der Waals surface area contributed by atoms with Crippen LogP contribution in [0.4, 0.5) is 0 Å². The monoisotopic (exact) mass is 396 g/mol. The van der Waals surface area contributed by atoms with Gasteiger partial charge >= 0.3 is 0 Å². The zero-order valence-electron chi connectivity index (χ0n) is 12.2. The van der Waals surface area contributed by atoms with Crippen LogP contribution in [0.1, 0.15) is 35.8 Å². The first kappa shape index (κ1) is 18.6. The fraction of sp³-hybridized carbons (Fsp3) is 0.692. The summed E-state index contributed by atoms with van der Waals surface area (Å²) < 4.78 is 0. The predicted molar refractivity (Wildman–Crippen MR) is 94.7 cm³/mol. The molecule has 110 valence electrons. The van der Waals surface area contributed by atoms with Crippen LogP contribution in [0.5, 0.6) is 0 Å². The molecule has 1 aromatic heterocycles. The Bertz CT molecular complexity index is 382. The van der Waals surface area contributed by atoms with E-state index in [9.17, 15) is 0 Å². The van der Waals surface area contributed by atoms with Crippen molar-refractivity contribution >= 4 is 41.3 Å². The summed E-state index contributed by atoms with van der Waals surface area (Å²) in [6.07, 6.45) is 1.98. The van der Waals surface area contributed by atoms with E-state index >= 15 is 0 Å². The fourth-order valence-electron chi connectivity index (χ4n) is 1.44. The Hall–Kier alpha value is -0.370. The summed E-state index contributed by atoms with van der Waals surface area (Å²) in [5, 5.41) is 4.29. The highest BCUT2D eigenvalue weighted by atomic mass is 127. The molecule has 19 heavy (non-hydrogen) atoms. The molecule has 0 aliphatic heterocycles. The van der Waals surface area contributed by atoms with Gasteiger partial charge in [0.15, 0.2) is 5.96 Å². The molecule has 6 heteroatoms. The summed E-state index contributed by atoms with van der Waals surface area (Å²) in [5.74, 6) is 1.21. The van der Waals surface area contributed by atoms with E-state index in [4.69, 9.17) is 5.73 Å². The van der Waals surface area contributed by atoms with Gasteiger partial charge in [0, 0.05) is 24.4 Å². The summed E-state index contributed by atoms with van der Waals surface area (Å²) in [5.41, 5.74) is 6.91. The number of nitrogens with two attached hydrogens (primary N) is 1. The van der Waals surface area contributed by atoms with E-state index in [0.29, 0.717) is 11.9 Å². The lowest BCUT2D eigenvalue weighted by molar-refractivity contribution is 0.595. The molecule has 4 nitrogen and oxygen atoms in total. The van der Waals surface area contributed by atoms with Crippen LogP contribution in [0.15, 0.2) is 4.99 Å². The van der Waals surface area contributed by atoms with Gasteiger partial charge in [0.1, 0.15) is 0 Å². The third-order valence-corrected chi connectivity index (χ3v) is 3.84. The van der Waals surface area contributed by atoms with E-state index in [1.54, 1.807) is 11.3 Å². The van der Waals surface area contributed by atoms with Gasteiger partial charge in [0.05, 0.1) is 10.7 Å². The molecule has 0 saturated heterocycles. The molecule has 0 bridgehead atoms. The normalized spacial score (nSPS) is 11.5. The van der Waals surface area contributed by atoms with Gasteiger partial charge in [0.25, 0.3) is 0 Å². The molecule has 0 saturated carbocycles. The maximum Gasteiger partial charge on any atom is 0.188 e. The van der Waals surface area contributed by atoms with E-state index in [0.717, 1.165) is 36.6 Å². The number of thiazole rings is 1. The van der Waals surface area contributed by atoms with Crippen LogP contribution in [-0.4, -0.2) is 24.0 Å². The van der Waals surface area contributed by atoms with E-state index in [2.05, 4.69) is 36.1 Å². The molecule has 1 rings (SSSR count). The molecule has 0 atom stereocenters. The van der Waals surface area contributed by atoms with E-state index < -0.39 is 0 Å². The highest BCUT2D eigenvalue weighted by Crippen LogP contribution is 2.16. The molecular weight excluding hydrogens is 371 g/mol. The second-order valence-electron chi connectivity index (χ2n) is 4.88. The highest BCUT2D eigenvalue weighted by molar-refractivity contribution is 14.0. The van der Waals surface area contributed by atoms with Gasteiger partial charge in [-0.2, -0.15) is 0 Å². The number of aromatic nitrogens is 1. The molecule has 0 fully saturated rings. The molecule has 0 aromatic carbocycles. The van der Waals surface area contributed by atoms with Crippen molar-refractivity contribution in [1.82, 2.24) is 10.3 Å². The molecule has 0 aliphatic carbocycles. The number of aryl methyl sites for hydroxylation is 2. The second kappa shape index (κ2) is 9.52. The maximum atomic E-state index is 5.78. The minimum absolute atomic E-state index is 0. The summed E-state index contributed by atoms with van der Waals surface area (Å²) in [7, 11) is 0. The predicted octanol–water partition coefficient (Wildman–Crippen LogP) is 2.87. The van der Waals surface area contributed by atoms with Crippen LogP contribution < -0.4 is 11.1 Å². The third-order valence-electron chi connectivity index (χ3n) is 2.71. The molecule has 1 heterocycles. The Morgan fingerprint density at radius 1 is 1.42 bits per heavy atom. The summed E-state index contributed by atoms with van der Waals surface area (Å²) in [4.78, 5) is 10.1. The van der Waals surface area contributed by atoms with Crippen LogP contribution in [-0.2, 0) is 6.42 Å². The maximum absolute atomic E-state index is 5.78. The Morgan fingerprint density at radius 2 is 2.11 bits per heavy atom. The number of halogens is 1. The topological polar surface area (TPSA) is 63.3 Å². The lowest BCUT2D eigenvalue weighted by Gasteiger charge is -2.05. The Labute approximate surface area is 137 Å². The van der Waals surface area contributed by atoms with Crippen molar-refractivity contribution in [3.05, 3.63) is 15.6 Å². The fourth-order valence-corrected chi connectivity index (χ4v) is 2.38. The van der Waals surface area contributed by atoms with Gasteiger partial charge in [-0.1, -0.05) is 13.8 Å². The summed E-state index contributed by atoms with van der Waals surface area (Å²) in [6, 6.07) is 0. The zero-order valence-corrected chi connectivity index (χ0v) is 15.3. The van der Waals surface area contributed by atoms with Crippen LogP contribution in [0.2, 0.25) is 0 Å². The molecule has 0 spiro atoms. The van der Waals surface area contributed by atoms with Crippen molar-refractivity contribution in [1.29, 1.82) is 0 Å². The van der Waals surface area contributed by atoms with Gasteiger partial charge < -0.3 is 11.1 Å². The number of hydrogen-bond donors (Lipinski definition) is 2. The minimum atomic E-state index is 0. The first-order valence-electron chi connectivity index (χ1n) is 6.45. The van der Waals surface area contributed by atoms with Crippen LogP contribution in [0.25, 0.3) is 0 Å². The molecule has 3 N–H and O–H groups in total. The Balaban J connectivity index is 0.00000324. The Morgan fingerprint density at radius 3 is 2.63 bits per heavy atom. The van der Waals surface area contributed by atoms with Crippen molar-refractivity contribution in [3.8, 4) is 0 Å². The minimum Gasteiger partial charge on any atom is -0.370 e. The number of rotatable bonds is 6. The second-order valence-corrected chi connectivity index (χ2v) is 6.16. The smallest absolute Gasteiger partial charge is 0.188 e. The van der Waals surface area contributed by atoms with Crippen molar-refractivity contribution in [3.63, 3.8) is 0 Å². The molecular formula is C13H25IN4S. The van der Waals surface area contributed by atoms with Crippen molar-refractivity contribution < 1.29 is 0 Å². The SMILES string of the molecule is Cc1nc(CCNC(N)=NCCC(C)C)sc1C.I. The quantitative estimate of drug-likeness (QED) is 0.442. The first-order chi connectivity index (χ1) is 8.49. The van der Waals surface area contributed by atoms with Crippen LogP contribution in [0.3, 0.4) is 0 Å². The highest BCUT2D eigenvalue weighted by Gasteiger charge is 2.03. The third kappa shape index (κ3) is 7.71. The molecule has 0 radical (unpaired) electrons. The lowest BCUT2D eigenvalue weighted by Crippen LogP contribution is -2.33. The largest absolute Gasteiger partial charge is 0.370 e. The van der Waals surface area contributed by atoms with Gasteiger partial charge in [-0.3, -0.25) is 4.99 Å². The average molecular weight is 396 g/mol. The first-order valence-corrected chi connectivity index (χ1v) is 7.27. The van der Waals surface area contributed by atoms with E-state index in [-0.39, 0.29) is 24.0 Å². The molecule has 1 aromatic rings. The zero-order chi connectivity index (χ0) is 13.5. The summed E-state index contributed by atoms with van der Waals surface area (Å²) in [6.45, 7) is 10.1. The van der Waals surface area contributed by atoms with Gasteiger partial charge in [-0.05, 0) is 26.2 Å². The van der Waals surface area contributed by atoms with Crippen molar-refractivity contribution in [2.24, 2.45) is 16.6 Å². The number of guanidine groups is 1. The van der Waals surface area contributed by atoms with Crippen LogP contribution in [0, 0.1) is 19.8 Å². The number of aliphatic imine (C=N–C) groups is 1. The lowest BCUT2D eigenvalue weighted by atomic mass is 10.1. The number of hydrogen-bond acceptors (Lipinski definition) is 3. The van der Waals surface area contributed by atoms with Gasteiger partial charge in [0.2, 0.25) is 0 Å². The average Bonchev–Trinajstić information content (AvgIpc) is 2.57. The van der Waals surface area contributed by atoms with Gasteiger partial charge in [-0.15, -0.1) is 35.3 Å². The molecule has 0 unspecified atom stereocenters. The van der Waals surface area contributed by atoms with Crippen molar-refractivity contribution in [2.75, 3.05) is 13.1 Å². The summed E-state index contributed by atoms with van der Waals surface area (Å²) >= 11 is 1.76. The van der Waals surface area contributed by atoms with Gasteiger partial charge in [-0.25, -0.2) is 4.98 Å². The van der Waals surface area contributed by atoms with E-state index in [1.807, 2.05) is 6.92 Å². The Kier molecular flexibility index (Phi) is 9.34. The molecule has 0 aliphatic rings. The van der Waals surface area contributed by atoms with E-state index in [1.165, 1.54) is 4.88 Å². The number of nitrogens with zero attached hydrogens (tertiary/aromatic N) is 2.